The van der Waals surface area contributed by atoms with E-state index in [9.17, 15) is 9.18 Å². The van der Waals surface area contributed by atoms with Crippen LogP contribution in [0.2, 0.25) is 5.02 Å². The highest BCUT2D eigenvalue weighted by atomic mass is 35.5. The lowest BCUT2D eigenvalue weighted by Gasteiger charge is -2.02. The monoisotopic (exact) mass is 396 g/mol. The summed E-state index contributed by atoms with van der Waals surface area (Å²) in [7, 11) is 0. The van der Waals surface area contributed by atoms with Crippen molar-refractivity contribution in [1.29, 1.82) is 0 Å². The van der Waals surface area contributed by atoms with E-state index in [0.29, 0.717) is 12.3 Å². The van der Waals surface area contributed by atoms with Gasteiger partial charge in [0.25, 0.3) is 5.91 Å². The van der Waals surface area contributed by atoms with Gasteiger partial charge < -0.3 is 9.84 Å². The first-order chi connectivity index (χ1) is 13.6. The molecule has 6 nitrogen and oxygen atoms in total. The second kappa shape index (κ2) is 7.66. The number of nitrogens with one attached hydrogen (secondary N) is 1. The second-order valence-corrected chi connectivity index (χ2v) is 6.46. The molecule has 0 saturated carbocycles. The summed E-state index contributed by atoms with van der Waals surface area (Å²) in [5.74, 6) is -0.158. The largest absolute Gasteiger partial charge is 0.355 e. The van der Waals surface area contributed by atoms with Gasteiger partial charge in [0, 0.05) is 17.8 Å². The van der Waals surface area contributed by atoms with Gasteiger partial charge in [-0.25, -0.2) is 4.39 Å². The molecule has 0 fully saturated rings. The maximum absolute atomic E-state index is 13.3. The number of halogens is 2. The molecule has 1 N–H and O–H groups in total. The van der Waals surface area contributed by atoms with Gasteiger partial charge in [0.1, 0.15) is 10.8 Å². The van der Waals surface area contributed by atoms with Gasteiger partial charge in [-0.2, -0.15) is 5.10 Å². The topological polar surface area (TPSA) is 73.0 Å². The fourth-order valence-electron chi connectivity index (χ4n) is 2.68. The van der Waals surface area contributed by atoms with Crippen molar-refractivity contribution in [3.8, 4) is 11.3 Å². The molecule has 28 heavy (non-hydrogen) atoms. The third kappa shape index (κ3) is 3.94. The Balaban J connectivity index is 1.48. The maximum Gasteiger partial charge on any atom is 0.279 e. The molecule has 0 saturated heterocycles. The number of aromatic nitrogens is 3. The number of anilines is 1. The fraction of sp³-hybridized carbons (Fsp3) is 0.0500. The van der Waals surface area contributed by atoms with Gasteiger partial charge in [0.05, 0.1) is 6.54 Å². The lowest BCUT2D eigenvalue weighted by Crippen LogP contribution is -2.13. The lowest BCUT2D eigenvalue weighted by molar-refractivity contribution is 0.101. The molecular weight excluding hydrogens is 383 g/mol. The number of rotatable bonds is 5. The zero-order valence-corrected chi connectivity index (χ0v) is 15.2. The average molecular weight is 397 g/mol. The second-order valence-electron chi connectivity index (χ2n) is 6.05. The summed E-state index contributed by atoms with van der Waals surface area (Å²) in [6, 6.07) is 17.0. The Morgan fingerprint density at radius 3 is 2.75 bits per heavy atom. The predicted molar refractivity (Wildman–Crippen MR) is 103 cm³/mol. The molecule has 0 unspecified atom stereocenters. The molecule has 0 aliphatic heterocycles. The molecule has 0 atom stereocenters. The number of amides is 1. The highest BCUT2D eigenvalue weighted by Crippen LogP contribution is 2.23. The molecule has 0 spiro atoms. The van der Waals surface area contributed by atoms with E-state index in [-0.39, 0.29) is 22.4 Å². The van der Waals surface area contributed by atoms with E-state index in [4.69, 9.17) is 16.1 Å². The number of nitrogens with zero attached hydrogens (tertiary/aromatic N) is 3. The minimum atomic E-state index is -0.496. The van der Waals surface area contributed by atoms with Crippen molar-refractivity contribution in [3.63, 3.8) is 0 Å². The van der Waals surface area contributed by atoms with E-state index in [1.165, 1.54) is 16.8 Å². The number of benzene rings is 2. The number of carbonyl (C=O) groups is 1. The van der Waals surface area contributed by atoms with Crippen LogP contribution in [0.15, 0.2) is 71.4 Å². The Labute approximate surface area is 164 Å². The van der Waals surface area contributed by atoms with Gasteiger partial charge in [-0.15, -0.1) is 0 Å². The molecule has 0 aliphatic carbocycles. The molecule has 2 aromatic heterocycles. The van der Waals surface area contributed by atoms with Crippen LogP contribution in [0.5, 0.6) is 0 Å². The van der Waals surface area contributed by atoms with E-state index in [2.05, 4.69) is 15.6 Å². The van der Waals surface area contributed by atoms with Gasteiger partial charge in [0.2, 0.25) is 0 Å². The third-order valence-electron chi connectivity index (χ3n) is 3.98. The van der Waals surface area contributed by atoms with Gasteiger partial charge in [-0.3, -0.25) is 9.48 Å². The van der Waals surface area contributed by atoms with E-state index in [1.807, 2.05) is 30.3 Å². The molecule has 4 rings (SSSR count). The van der Waals surface area contributed by atoms with Crippen LogP contribution in [0, 0.1) is 5.82 Å². The van der Waals surface area contributed by atoms with Gasteiger partial charge >= 0.3 is 0 Å². The van der Waals surface area contributed by atoms with Crippen LogP contribution in [0.1, 0.15) is 16.1 Å². The minimum Gasteiger partial charge on any atom is -0.355 e. The first-order valence-corrected chi connectivity index (χ1v) is 8.77. The van der Waals surface area contributed by atoms with Gasteiger partial charge in [-0.05, 0) is 17.7 Å². The first-order valence-electron chi connectivity index (χ1n) is 8.39. The SMILES string of the molecule is O=C(Nc1nn(Cc2cccc(F)c2)cc1Cl)c1cc(-c2ccccc2)on1. The molecule has 1 amide bonds. The third-order valence-corrected chi connectivity index (χ3v) is 4.26. The molecule has 2 heterocycles. The Bertz CT molecular complexity index is 1120. The van der Waals surface area contributed by atoms with Gasteiger partial charge in [0.15, 0.2) is 17.3 Å². The summed E-state index contributed by atoms with van der Waals surface area (Å²) < 4.78 is 20.1. The van der Waals surface area contributed by atoms with Crippen LogP contribution < -0.4 is 5.32 Å². The summed E-state index contributed by atoms with van der Waals surface area (Å²) in [6.07, 6.45) is 1.56. The van der Waals surface area contributed by atoms with Crippen molar-refractivity contribution in [2.75, 3.05) is 5.32 Å². The lowest BCUT2D eigenvalue weighted by atomic mass is 10.1. The highest BCUT2D eigenvalue weighted by Gasteiger charge is 2.17. The van der Waals surface area contributed by atoms with Crippen molar-refractivity contribution in [2.24, 2.45) is 0 Å². The van der Waals surface area contributed by atoms with Crippen LogP contribution in [0.3, 0.4) is 0 Å². The van der Waals surface area contributed by atoms with Crippen molar-refractivity contribution < 1.29 is 13.7 Å². The van der Waals surface area contributed by atoms with Crippen LogP contribution in [-0.2, 0) is 6.54 Å². The Morgan fingerprint density at radius 1 is 1.14 bits per heavy atom. The standard InChI is InChI=1S/C20H14ClFN4O2/c21-16-12-26(11-13-5-4-8-15(22)9-13)24-19(16)23-20(27)17-10-18(28-25-17)14-6-2-1-3-7-14/h1-10,12H,11H2,(H,23,24,27). The van der Waals surface area contributed by atoms with Crippen molar-refractivity contribution in [1.82, 2.24) is 14.9 Å². The summed E-state index contributed by atoms with van der Waals surface area (Å²) in [5, 5.41) is 10.9. The summed E-state index contributed by atoms with van der Waals surface area (Å²) in [6.45, 7) is 0.315. The zero-order chi connectivity index (χ0) is 19.5. The zero-order valence-electron chi connectivity index (χ0n) is 14.5. The highest BCUT2D eigenvalue weighted by molar-refractivity contribution is 6.33. The normalized spacial score (nSPS) is 10.8. The summed E-state index contributed by atoms with van der Waals surface area (Å²) >= 11 is 6.16. The molecule has 140 valence electrons. The minimum absolute atomic E-state index is 0.106. The van der Waals surface area contributed by atoms with Crippen LogP contribution in [0.4, 0.5) is 10.2 Å². The van der Waals surface area contributed by atoms with E-state index >= 15 is 0 Å². The summed E-state index contributed by atoms with van der Waals surface area (Å²) in [4.78, 5) is 12.4. The number of carbonyl (C=O) groups excluding carboxylic acids is 1. The maximum atomic E-state index is 13.3. The van der Waals surface area contributed by atoms with E-state index < -0.39 is 5.91 Å². The molecule has 0 radical (unpaired) electrons. The molecular formula is C20H14ClFN4O2. The van der Waals surface area contributed by atoms with E-state index in [1.54, 1.807) is 24.4 Å². The van der Waals surface area contributed by atoms with Crippen molar-refractivity contribution in [2.45, 2.75) is 6.54 Å². The van der Waals surface area contributed by atoms with Crippen LogP contribution >= 0.6 is 11.6 Å². The first kappa shape index (κ1) is 17.9. The van der Waals surface area contributed by atoms with Crippen molar-refractivity contribution in [3.05, 3.63) is 89.0 Å². The fourth-order valence-corrected chi connectivity index (χ4v) is 2.88. The Morgan fingerprint density at radius 2 is 1.96 bits per heavy atom. The van der Waals surface area contributed by atoms with Crippen molar-refractivity contribution >= 4 is 23.3 Å². The smallest absolute Gasteiger partial charge is 0.279 e. The number of hydrogen-bond donors (Lipinski definition) is 1. The quantitative estimate of drug-likeness (QED) is 0.533. The Kier molecular flexibility index (Phi) is 4.90. The number of hydrogen-bond acceptors (Lipinski definition) is 4. The van der Waals surface area contributed by atoms with Crippen LogP contribution in [0.25, 0.3) is 11.3 Å². The molecule has 0 bridgehead atoms. The van der Waals surface area contributed by atoms with E-state index in [0.717, 1.165) is 11.1 Å². The predicted octanol–water partition coefficient (Wildman–Crippen LogP) is 4.63. The van der Waals surface area contributed by atoms with Crippen LogP contribution in [-0.4, -0.2) is 20.8 Å². The molecule has 4 aromatic rings. The van der Waals surface area contributed by atoms with Gasteiger partial charge in [-0.1, -0.05) is 59.2 Å². The summed E-state index contributed by atoms with van der Waals surface area (Å²) in [5.41, 5.74) is 1.64. The Hall–Kier alpha value is -3.45. The molecule has 2 aromatic carbocycles. The average Bonchev–Trinajstić information content (AvgIpc) is 3.30. The molecule has 8 heteroatoms. The molecule has 0 aliphatic rings.